The van der Waals surface area contributed by atoms with E-state index in [2.05, 4.69) is 77.8 Å². The first kappa shape index (κ1) is 35.4. The smallest absolute Gasteiger partial charge is 0.319 e. The average Bonchev–Trinajstić information content (AvgIpc) is 3.66. The van der Waals surface area contributed by atoms with Gasteiger partial charge < -0.3 is 30.2 Å². The van der Waals surface area contributed by atoms with Gasteiger partial charge in [-0.05, 0) is 65.2 Å². The molecule has 1 aliphatic heterocycles. The molecule has 0 bridgehead atoms. The summed E-state index contributed by atoms with van der Waals surface area (Å²) in [5.41, 5.74) is 4.63. The molecule has 3 N–H and O–H groups in total. The van der Waals surface area contributed by atoms with Crippen molar-refractivity contribution in [2.45, 2.75) is 18.0 Å². The second-order valence-electron chi connectivity index (χ2n) is 12.6. The number of morpholine rings is 1. The highest BCUT2D eigenvalue weighted by atomic mass is 79.9. The van der Waals surface area contributed by atoms with E-state index in [4.69, 9.17) is 4.74 Å². The molecule has 2 heterocycles. The highest BCUT2D eigenvalue weighted by Crippen LogP contribution is 2.41. The molecule has 53 heavy (non-hydrogen) atoms. The molecule has 1 atom stereocenters. The second kappa shape index (κ2) is 16.1. The van der Waals surface area contributed by atoms with Crippen LogP contribution in [-0.4, -0.2) is 53.2 Å². The van der Waals surface area contributed by atoms with E-state index in [1.165, 1.54) is 0 Å². The number of nitrogens with one attached hydrogen (secondary N) is 3. The van der Waals surface area contributed by atoms with Gasteiger partial charge in [-0.1, -0.05) is 107 Å². The largest absolute Gasteiger partial charge is 0.370 e. The van der Waals surface area contributed by atoms with E-state index in [-0.39, 0.29) is 18.9 Å². The lowest BCUT2D eigenvalue weighted by Gasteiger charge is -2.39. The summed E-state index contributed by atoms with van der Waals surface area (Å²) in [5.74, 6) is -0.549. The van der Waals surface area contributed by atoms with Crippen LogP contribution >= 0.6 is 15.9 Å². The predicted molar refractivity (Wildman–Crippen MR) is 209 cm³/mol. The second-order valence-corrected chi connectivity index (χ2v) is 13.5. The number of amides is 4. The van der Waals surface area contributed by atoms with Gasteiger partial charge in [0, 0.05) is 46.4 Å². The van der Waals surface area contributed by atoms with Gasteiger partial charge in [0.1, 0.15) is 18.2 Å². The summed E-state index contributed by atoms with van der Waals surface area (Å²) in [6.07, 6.45) is 3.63. The lowest BCUT2D eigenvalue weighted by atomic mass is 9.76. The first-order chi connectivity index (χ1) is 25.9. The standard InChI is InChI=1S/C42H37BrN6O4/c43-33-16-18-35(19-17-33)46-41(52)47-38(40(51)45-34-20-22-36(23-21-34)48-24-25-53-28-39(48)50)26-37-27-44-29-49(37)42(30-10-4-1-5-11-30,31-12-6-2-7-13-31)32-14-8-3-9-15-32/h1-23,27,29,38H,24-26,28H2,(H,45,51)(H2,46,47,52). The number of halogens is 1. The van der Waals surface area contributed by atoms with Gasteiger partial charge in [-0.3, -0.25) is 9.59 Å². The van der Waals surface area contributed by atoms with Crippen molar-refractivity contribution in [3.05, 3.63) is 179 Å². The number of hydrogen-bond donors (Lipinski definition) is 3. The third-order valence-electron chi connectivity index (χ3n) is 9.22. The fourth-order valence-electron chi connectivity index (χ4n) is 6.75. The van der Waals surface area contributed by atoms with E-state index in [0.29, 0.717) is 35.9 Å². The van der Waals surface area contributed by atoms with Crippen molar-refractivity contribution in [2.75, 3.05) is 35.3 Å². The number of ether oxygens (including phenoxy) is 1. The van der Waals surface area contributed by atoms with Crippen LogP contribution in [0.1, 0.15) is 22.4 Å². The first-order valence-electron chi connectivity index (χ1n) is 17.2. The molecule has 0 radical (unpaired) electrons. The van der Waals surface area contributed by atoms with Crippen LogP contribution in [0.5, 0.6) is 0 Å². The SMILES string of the molecule is O=C(Nc1ccc(Br)cc1)NC(Cc1cncn1C(c1ccccc1)(c1ccccc1)c1ccccc1)C(=O)Nc1ccc(N2CCOCC2=O)cc1. The number of nitrogens with zero attached hydrogens (tertiary/aromatic N) is 3. The molecule has 1 aromatic heterocycles. The number of rotatable bonds is 11. The molecule has 266 valence electrons. The Bertz CT molecular complexity index is 2060. The van der Waals surface area contributed by atoms with Crippen molar-refractivity contribution >= 4 is 50.8 Å². The van der Waals surface area contributed by atoms with Gasteiger partial charge in [-0.15, -0.1) is 0 Å². The molecule has 0 spiro atoms. The van der Waals surface area contributed by atoms with Gasteiger partial charge >= 0.3 is 6.03 Å². The van der Waals surface area contributed by atoms with Gasteiger partial charge in [0.15, 0.2) is 0 Å². The topological polar surface area (TPSA) is 118 Å². The van der Waals surface area contributed by atoms with Crippen molar-refractivity contribution in [2.24, 2.45) is 0 Å². The van der Waals surface area contributed by atoms with Gasteiger partial charge in [0.25, 0.3) is 5.91 Å². The van der Waals surface area contributed by atoms with Gasteiger partial charge in [-0.2, -0.15) is 0 Å². The molecule has 1 saturated heterocycles. The monoisotopic (exact) mass is 768 g/mol. The fraction of sp³-hybridized carbons (Fsp3) is 0.143. The van der Waals surface area contributed by atoms with E-state index >= 15 is 0 Å². The third-order valence-corrected chi connectivity index (χ3v) is 9.75. The van der Waals surface area contributed by atoms with Crippen molar-refractivity contribution in [3.63, 3.8) is 0 Å². The Morgan fingerprint density at radius 1 is 0.755 bits per heavy atom. The van der Waals surface area contributed by atoms with E-state index in [1.807, 2.05) is 66.7 Å². The minimum absolute atomic E-state index is 0.0326. The van der Waals surface area contributed by atoms with Crippen molar-refractivity contribution in [1.29, 1.82) is 0 Å². The molecule has 11 heteroatoms. The van der Waals surface area contributed by atoms with Crippen LogP contribution in [0.2, 0.25) is 0 Å². The van der Waals surface area contributed by atoms with Gasteiger partial charge in [-0.25, -0.2) is 9.78 Å². The van der Waals surface area contributed by atoms with Crippen LogP contribution in [0, 0.1) is 0 Å². The predicted octanol–water partition coefficient (Wildman–Crippen LogP) is 7.22. The summed E-state index contributed by atoms with van der Waals surface area (Å²) in [5, 5.41) is 8.75. The normalized spacial score (nSPS) is 13.6. The summed E-state index contributed by atoms with van der Waals surface area (Å²) in [4.78, 5) is 46.4. The maximum Gasteiger partial charge on any atom is 0.319 e. The van der Waals surface area contributed by atoms with E-state index in [1.54, 1.807) is 53.8 Å². The van der Waals surface area contributed by atoms with E-state index in [9.17, 15) is 14.4 Å². The zero-order chi connectivity index (χ0) is 36.6. The molecule has 0 aliphatic carbocycles. The van der Waals surface area contributed by atoms with E-state index in [0.717, 1.165) is 21.2 Å². The minimum atomic E-state index is -1.03. The third kappa shape index (κ3) is 7.76. The maximum absolute atomic E-state index is 14.2. The molecule has 1 fully saturated rings. The van der Waals surface area contributed by atoms with E-state index < -0.39 is 23.5 Å². The zero-order valence-corrected chi connectivity index (χ0v) is 30.3. The lowest BCUT2D eigenvalue weighted by Crippen LogP contribution is -2.48. The number of urea groups is 1. The molecule has 6 aromatic rings. The van der Waals surface area contributed by atoms with Crippen molar-refractivity contribution < 1.29 is 19.1 Å². The summed E-state index contributed by atoms with van der Waals surface area (Å²) in [6, 6.07) is 43.2. The Hall–Kier alpha value is -6.04. The Morgan fingerprint density at radius 3 is 1.87 bits per heavy atom. The highest BCUT2D eigenvalue weighted by molar-refractivity contribution is 9.10. The highest BCUT2D eigenvalue weighted by Gasteiger charge is 2.40. The Kier molecular flexibility index (Phi) is 10.7. The summed E-state index contributed by atoms with van der Waals surface area (Å²) in [6.45, 7) is 0.940. The average molecular weight is 770 g/mol. The summed E-state index contributed by atoms with van der Waals surface area (Å²) < 4.78 is 8.23. The van der Waals surface area contributed by atoms with Crippen LogP contribution in [-0.2, 0) is 26.3 Å². The van der Waals surface area contributed by atoms with Crippen LogP contribution in [0.15, 0.2) is 157 Å². The molecular formula is C42H37BrN6O4. The summed E-state index contributed by atoms with van der Waals surface area (Å²) in [7, 11) is 0. The number of imidazole rings is 1. The fourth-order valence-corrected chi connectivity index (χ4v) is 7.02. The quantitative estimate of drug-likeness (QED) is 0.120. The molecule has 5 aromatic carbocycles. The molecule has 1 unspecified atom stereocenters. The molecule has 0 saturated carbocycles. The van der Waals surface area contributed by atoms with Crippen LogP contribution in [0.4, 0.5) is 21.9 Å². The Balaban J connectivity index is 1.25. The number of carbonyl (C=O) groups excluding carboxylic acids is 3. The van der Waals surface area contributed by atoms with Crippen molar-refractivity contribution in [3.8, 4) is 0 Å². The molecular weight excluding hydrogens is 732 g/mol. The number of benzene rings is 5. The summed E-state index contributed by atoms with van der Waals surface area (Å²) >= 11 is 3.42. The lowest BCUT2D eigenvalue weighted by molar-refractivity contribution is -0.125. The maximum atomic E-state index is 14.2. The van der Waals surface area contributed by atoms with Crippen LogP contribution in [0.3, 0.4) is 0 Å². The van der Waals surface area contributed by atoms with Crippen LogP contribution in [0.25, 0.3) is 0 Å². The number of hydrogen-bond acceptors (Lipinski definition) is 5. The molecule has 4 amide bonds. The number of carbonyl (C=O) groups is 3. The first-order valence-corrected chi connectivity index (χ1v) is 18.0. The molecule has 1 aliphatic rings. The number of aromatic nitrogens is 2. The minimum Gasteiger partial charge on any atom is -0.370 e. The van der Waals surface area contributed by atoms with Gasteiger partial charge in [0.05, 0.1) is 12.9 Å². The van der Waals surface area contributed by atoms with Gasteiger partial charge in [0.2, 0.25) is 5.91 Å². The number of anilines is 3. The zero-order valence-electron chi connectivity index (χ0n) is 28.7. The molecule has 7 rings (SSSR count). The molecule has 10 nitrogen and oxygen atoms in total. The van der Waals surface area contributed by atoms with Crippen molar-refractivity contribution in [1.82, 2.24) is 14.9 Å². The van der Waals surface area contributed by atoms with Crippen LogP contribution < -0.4 is 20.9 Å². The Morgan fingerprint density at radius 2 is 1.30 bits per heavy atom. The Labute approximate surface area is 316 Å².